The van der Waals surface area contributed by atoms with Crippen molar-refractivity contribution in [3.05, 3.63) is 59.7 Å². The van der Waals surface area contributed by atoms with E-state index in [1.54, 1.807) is 12.1 Å². The Kier molecular flexibility index (Phi) is 5.36. The molecule has 2 rings (SSSR count). The first-order valence-corrected chi connectivity index (χ1v) is 8.40. The molecule has 122 valence electrons. The van der Waals surface area contributed by atoms with Gasteiger partial charge in [0.05, 0.1) is 10.5 Å². The highest BCUT2D eigenvalue weighted by atomic mass is 32.2. The monoisotopic (exact) mass is 335 g/mol. The van der Waals surface area contributed by atoms with Gasteiger partial charge in [0, 0.05) is 0 Å². The van der Waals surface area contributed by atoms with E-state index in [9.17, 15) is 13.2 Å². The zero-order chi connectivity index (χ0) is 16.9. The Morgan fingerprint density at radius 2 is 1.61 bits per heavy atom. The molecule has 0 fully saturated rings. The highest BCUT2D eigenvalue weighted by Crippen LogP contribution is 2.14. The van der Waals surface area contributed by atoms with Crippen molar-refractivity contribution in [1.82, 2.24) is 0 Å². The number of sulfonamides is 1. The van der Waals surface area contributed by atoms with E-state index in [1.165, 1.54) is 24.3 Å². The molecule has 0 aromatic heterocycles. The average molecular weight is 335 g/mol. The molecule has 0 spiro atoms. The van der Waals surface area contributed by atoms with Crippen LogP contribution in [0.1, 0.15) is 15.9 Å². The molecule has 0 unspecified atom stereocenters. The van der Waals surface area contributed by atoms with E-state index in [2.05, 4.69) is 0 Å². The molecular formula is C16H17NO5S. The number of nitrogens with two attached hydrogens (primary N) is 1. The molecule has 0 heterocycles. The number of benzene rings is 2. The van der Waals surface area contributed by atoms with E-state index in [-0.39, 0.29) is 18.1 Å². The number of primary sulfonamides is 1. The number of hydrogen-bond donors (Lipinski definition) is 1. The Bertz CT molecular complexity index is 767. The minimum atomic E-state index is -3.71. The Morgan fingerprint density at radius 3 is 2.17 bits per heavy atom. The normalized spacial score (nSPS) is 11.0. The van der Waals surface area contributed by atoms with Gasteiger partial charge in [-0.1, -0.05) is 17.7 Å². The molecule has 0 radical (unpaired) electrons. The number of esters is 1. The van der Waals surface area contributed by atoms with Crippen molar-refractivity contribution < 1.29 is 22.7 Å². The van der Waals surface area contributed by atoms with Crippen molar-refractivity contribution in [1.29, 1.82) is 0 Å². The van der Waals surface area contributed by atoms with Crippen molar-refractivity contribution in [2.24, 2.45) is 5.14 Å². The van der Waals surface area contributed by atoms with Crippen LogP contribution in [0.4, 0.5) is 0 Å². The standard InChI is InChI=1S/C16H17NO5S/c1-12-2-4-13(5-3-12)16(18)22-11-10-21-14-6-8-15(9-7-14)23(17,19)20/h2-9H,10-11H2,1H3,(H2,17,19,20). The Morgan fingerprint density at radius 1 is 1.00 bits per heavy atom. The summed E-state index contributed by atoms with van der Waals surface area (Å²) in [6, 6.07) is 12.7. The second-order valence-corrected chi connectivity index (χ2v) is 6.43. The average Bonchev–Trinajstić information content (AvgIpc) is 2.51. The third-order valence-electron chi connectivity index (χ3n) is 3.02. The number of aryl methyl sites for hydroxylation is 1. The Labute approximate surface area is 134 Å². The first-order valence-electron chi connectivity index (χ1n) is 6.86. The van der Waals surface area contributed by atoms with Crippen LogP contribution in [0.3, 0.4) is 0 Å². The number of carbonyl (C=O) groups excluding carboxylic acids is 1. The topological polar surface area (TPSA) is 95.7 Å². The summed E-state index contributed by atoms with van der Waals surface area (Å²) >= 11 is 0. The lowest BCUT2D eigenvalue weighted by Gasteiger charge is -2.08. The largest absolute Gasteiger partial charge is 0.490 e. The fourth-order valence-electron chi connectivity index (χ4n) is 1.79. The number of hydrogen-bond acceptors (Lipinski definition) is 5. The van der Waals surface area contributed by atoms with Crippen LogP contribution in [-0.4, -0.2) is 27.6 Å². The van der Waals surface area contributed by atoms with Crippen molar-refractivity contribution in [2.75, 3.05) is 13.2 Å². The lowest BCUT2D eigenvalue weighted by atomic mass is 10.1. The zero-order valence-corrected chi connectivity index (χ0v) is 13.4. The molecule has 0 saturated heterocycles. The van der Waals surface area contributed by atoms with E-state index >= 15 is 0 Å². The molecule has 2 N–H and O–H groups in total. The number of rotatable bonds is 6. The molecule has 23 heavy (non-hydrogen) atoms. The first-order chi connectivity index (χ1) is 10.9. The maximum atomic E-state index is 11.8. The third-order valence-corrected chi connectivity index (χ3v) is 3.95. The molecule has 2 aromatic carbocycles. The highest BCUT2D eigenvalue weighted by molar-refractivity contribution is 7.89. The molecule has 0 bridgehead atoms. The fraction of sp³-hybridized carbons (Fsp3) is 0.188. The molecule has 0 saturated carbocycles. The van der Waals surface area contributed by atoms with Crippen molar-refractivity contribution in [2.45, 2.75) is 11.8 Å². The Hall–Kier alpha value is -2.38. The minimum Gasteiger partial charge on any atom is -0.490 e. The van der Waals surface area contributed by atoms with E-state index in [0.29, 0.717) is 11.3 Å². The van der Waals surface area contributed by atoms with E-state index < -0.39 is 16.0 Å². The SMILES string of the molecule is Cc1ccc(C(=O)OCCOc2ccc(S(N)(=O)=O)cc2)cc1. The van der Waals surface area contributed by atoms with Crippen LogP contribution in [0, 0.1) is 6.92 Å². The number of ether oxygens (including phenoxy) is 2. The lowest BCUT2D eigenvalue weighted by molar-refractivity contribution is 0.0450. The molecule has 6 nitrogen and oxygen atoms in total. The summed E-state index contributed by atoms with van der Waals surface area (Å²) in [6.07, 6.45) is 0. The summed E-state index contributed by atoms with van der Waals surface area (Å²) in [5.41, 5.74) is 1.54. The van der Waals surface area contributed by atoms with Crippen molar-refractivity contribution in [3.8, 4) is 5.75 Å². The zero-order valence-electron chi connectivity index (χ0n) is 12.6. The molecule has 2 aromatic rings. The molecule has 0 aliphatic rings. The molecule has 0 aliphatic heterocycles. The summed E-state index contributed by atoms with van der Waals surface area (Å²) < 4.78 is 32.7. The summed E-state index contributed by atoms with van der Waals surface area (Å²) in [6.45, 7) is 2.18. The van der Waals surface area contributed by atoms with Crippen LogP contribution in [0.2, 0.25) is 0 Å². The number of carbonyl (C=O) groups is 1. The van der Waals surface area contributed by atoms with Crippen LogP contribution in [0.25, 0.3) is 0 Å². The predicted molar refractivity (Wildman–Crippen MR) is 84.8 cm³/mol. The van der Waals surface area contributed by atoms with Crippen LogP contribution >= 0.6 is 0 Å². The van der Waals surface area contributed by atoms with Crippen molar-refractivity contribution >= 4 is 16.0 Å². The molecule has 7 heteroatoms. The molecule has 0 aliphatic carbocycles. The third kappa shape index (κ3) is 5.08. The Balaban J connectivity index is 1.79. The maximum absolute atomic E-state index is 11.8. The smallest absolute Gasteiger partial charge is 0.338 e. The maximum Gasteiger partial charge on any atom is 0.338 e. The van der Waals surface area contributed by atoms with Gasteiger partial charge < -0.3 is 9.47 Å². The highest BCUT2D eigenvalue weighted by Gasteiger charge is 2.08. The first kappa shape index (κ1) is 17.0. The van der Waals surface area contributed by atoms with E-state index in [0.717, 1.165) is 5.56 Å². The summed E-state index contributed by atoms with van der Waals surface area (Å²) in [4.78, 5) is 11.8. The van der Waals surface area contributed by atoms with Gasteiger partial charge >= 0.3 is 5.97 Å². The predicted octanol–water partition coefficient (Wildman–Crippen LogP) is 1.88. The van der Waals surface area contributed by atoms with Gasteiger partial charge in [0.15, 0.2) is 0 Å². The van der Waals surface area contributed by atoms with Gasteiger partial charge in [-0.15, -0.1) is 0 Å². The van der Waals surface area contributed by atoms with Crippen LogP contribution in [0.15, 0.2) is 53.4 Å². The molecule has 0 atom stereocenters. The van der Waals surface area contributed by atoms with Gasteiger partial charge in [-0.25, -0.2) is 18.4 Å². The second-order valence-electron chi connectivity index (χ2n) is 4.87. The van der Waals surface area contributed by atoms with Crippen LogP contribution in [-0.2, 0) is 14.8 Å². The van der Waals surface area contributed by atoms with E-state index in [4.69, 9.17) is 14.6 Å². The minimum absolute atomic E-state index is 0.00986. The summed E-state index contributed by atoms with van der Waals surface area (Å²) in [5, 5.41) is 5.00. The lowest BCUT2D eigenvalue weighted by Crippen LogP contribution is -2.13. The van der Waals surface area contributed by atoms with Crippen molar-refractivity contribution in [3.63, 3.8) is 0 Å². The van der Waals surface area contributed by atoms with Gasteiger partial charge in [0.2, 0.25) is 10.0 Å². The molecule has 0 amide bonds. The summed E-state index contributed by atoms with van der Waals surface area (Å²) in [7, 11) is -3.71. The van der Waals surface area contributed by atoms with Crippen LogP contribution in [0.5, 0.6) is 5.75 Å². The quantitative estimate of drug-likeness (QED) is 0.642. The van der Waals surface area contributed by atoms with Gasteiger partial charge in [0.1, 0.15) is 19.0 Å². The van der Waals surface area contributed by atoms with Gasteiger partial charge in [-0.3, -0.25) is 0 Å². The van der Waals surface area contributed by atoms with Gasteiger partial charge in [-0.2, -0.15) is 0 Å². The second kappa shape index (κ2) is 7.26. The van der Waals surface area contributed by atoms with Gasteiger partial charge in [0.25, 0.3) is 0 Å². The fourth-order valence-corrected chi connectivity index (χ4v) is 2.31. The van der Waals surface area contributed by atoms with E-state index in [1.807, 2.05) is 19.1 Å². The van der Waals surface area contributed by atoms with Gasteiger partial charge in [-0.05, 0) is 43.3 Å². The van der Waals surface area contributed by atoms with Crippen LogP contribution < -0.4 is 9.88 Å². The molecular weight excluding hydrogens is 318 g/mol. The summed E-state index contributed by atoms with van der Waals surface area (Å²) in [5.74, 6) is 0.0435.